The summed E-state index contributed by atoms with van der Waals surface area (Å²) in [6, 6.07) is 5.35. The molecule has 0 spiro atoms. The van der Waals surface area contributed by atoms with Gasteiger partial charge in [-0.2, -0.15) is 0 Å². The maximum absolute atomic E-state index is 12.5. The summed E-state index contributed by atoms with van der Waals surface area (Å²) >= 11 is 3.37. The molecular formula is C15H23BrN2O2S. The minimum absolute atomic E-state index is 0.158. The highest BCUT2D eigenvalue weighted by molar-refractivity contribution is 9.10. The molecule has 0 aliphatic heterocycles. The van der Waals surface area contributed by atoms with E-state index in [9.17, 15) is 8.42 Å². The zero-order valence-electron chi connectivity index (χ0n) is 12.7. The van der Waals surface area contributed by atoms with E-state index in [2.05, 4.69) is 39.8 Å². The largest absolute Gasteiger partial charge is 0.316 e. The van der Waals surface area contributed by atoms with Crippen LogP contribution in [0.15, 0.2) is 27.6 Å². The average molecular weight is 375 g/mol. The smallest absolute Gasteiger partial charge is 0.241 e. The summed E-state index contributed by atoms with van der Waals surface area (Å²) in [6.45, 7) is 5.55. The van der Waals surface area contributed by atoms with Crippen molar-refractivity contribution in [3.05, 3.63) is 28.2 Å². The Balaban J connectivity index is 2.12. The molecule has 118 valence electrons. The zero-order chi connectivity index (χ0) is 15.7. The lowest BCUT2D eigenvalue weighted by atomic mass is 9.93. The van der Waals surface area contributed by atoms with Gasteiger partial charge in [0.1, 0.15) is 0 Å². The van der Waals surface area contributed by atoms with E-state index in [0.29, 0.717) is 28.4 Å². The van der Waals surface area contributed by atoms with Crippen LogP contribution in [0.1, 0.15) is 32.3 Å². The monoisotopic (exact) mass is 374 g/mol. The highest BCUT2D eigenvalue weighted by atomic mass is 79.9. The molecular weight excluding hydrogens is 352 g/mol. The number of halogens is 1. The second-order valence-corrected chi connectivity index (χ2v) is 8.73. The van der Waals surface area contributed by atoms with Gasteiger partial charge in [0.05, 0.1) is 4.90 Å². The van der Waals surface area contributed by atoms with Crippen LogP contribution in [0, 0.1) is 11.3 Å². The molecule has 6 heteroatoms. The first-order chi connectivity index (χ1) is 9.81. The van der Waals surface area contributed by atoms with Gasteiger partial charge in [-0.25, -0.2) is 13.1 Å². The lowest BCUT2D eigenvalue weighted by Crippen LogP contribution is -2.32. The minimum atomic E-state index is -3.47. The van der Waals surface area contributed by atoms with Gasteiger partial charge >= 0.3 is 0 Å². The average Bonchev–Trinajstić information content (AvgIpc) is 3.18. The Morgan fingerprint density at radius 3 is 2.48 bits per heavy atom. The molecule has 1 aromatic rings. The van der Waals surface area contributed by atoms with E-state index in [1.807, 2.05) is 19.2 Å². The van der Waals surface area contributed by atoms with Gasteiger partial charge in [-0.05, 0) is 64.8 Å². The first-order valence-corrected chi connectivity index (χ1v) is 9.51. The predicted octanol–water partition coefficient (Wildman–Crippen LogP) is 2.88. The Kier molecular flexibility index (Phi) is 5.13. The third-order valence-corrected chi connectivity index (χ3v) is 6.78. The fourth-order valence-electron chi connectivity index (χ4n) is 2.51. The molecule has 0 heterocycles. The number of hydrogen-bond acceptors (Lipinski definition) is 3. The Morgan fingerprint density at radius 1 is 1.33 bits per heavy atom. The molecule has 0 atom stereocenters. The Bertz CT molecular complexity index is 610. The van der Waals surface area contributed by atoms with E-state index in [-0.39, 0.29) is 5.41 Å². The first kappa shape index (κ1) is 16.9. The number of nitrogens with one attached hydrogen (secondary N) is 2. The molecule has 0 radical (unpaired) electrons. The van der Waals surface area contributed by atoms with E-state index >= 15 is 0 Å². The van der Waals surface area contributed by atoms with Crippen molar-refractivity contribution in [3.8, 4) is 0 Å². The first-order valence-electron chi connectivity index (χ1n) is 7.23. The van der Waals surface area contributed by atoms with Crippen molar-refractivity contribution >= 4 is 26.0 Å². The molecule has 0 amide bonds. The molecule has 4 nitrogen and oxygen atoms in total. The second kappa shape index (κ2) is 6.36. The van der Waals surface area contributed by atoms with Crippen LogP contribution in [-0.4, -0.2) is 22.0 Å². The van der Waals surface area contributed by atoms with Crippen molar-refractivity contribution < 1.29 is 8.42 Å². The summed E-state index contributed by atoms with van der Waals surface area (Å²) in [4.78, 5) is 0.307. The van der Waals surface area contributed by atoms with Crippen LogP contribution in [0.3, 0.4) is 0 Å². The van der Waals surface area contributed by atoms with Crippen molar-refractivity contribution in [2.24, 2.45) is 11.3 Å². The lowest BCUT2D eigenvalue weighted by Gasteiger charge is -2.20. The van der Waals surface area contributed by atoms with Gasteiger partial charge in [0.25, 0.3) is 0 Å². The molecule has 1 saturated carbocycles. The normalized spacial score (nSPS) is 17.2. The lowest BCUT2D eigenvalue weighted by molar-refractivity contribution is 0.357. The predicted molar refractivity (Wildman–Crippen MR) is 88.6 cm³/mol. The van der Waals surface area contributed by atoms with Crippen molar-refractivity contribution in [3.63, 3.8) is 0 Å². The molecule has 1 aliphatic carbocycles. The van der Waals surface area contributed by atoms with Crippen LogP contribution in [-0.2, 0) is 16.6 Å². The molecule has 1 aliphatic rings. The quantitative estimate of drug-likeness (QED) is 0.771. The van der Waals surface area contributed by atoms with E-state index in [1.165, 1.54) is 0 Å². The maximum Gasteiger partial charge on any atom is 0.241 e. The summed E-state index contributed by atoms with van der Waals surface area (Å²) in [5, 5.41) is 3.05. The van der Waals surface area contributed by atoms with Gasteiger partial charge in [0.2, 0.25) is 10.0 Å². The van der Waals surface area contributed by atoms with Gasteiger partial charge in [-0.3, -0.25) is 0 Å². The van der Waals surface area contributed by atoms with Crippen molar-refractivity contribution in [1.29, 1.82) is 0 Å². The highest BCUT2D eigenvalue weighted by Gasteiger charge is 2.45. The number of rotatable bonds is 7. The van der Waals surface area contributed by atoms with Crippen LogP contribution in [0.2, 0.25) is 0 Å². The van der Waals surface area contributed by atoms with Crippen LogP contribution >= 0.6 is 15.9 Å². The van der Waals surface area contributed by atoms with Crippen LogP contribution in [0.25, 0.3) is 0 Å². The third-order valence-electron chi connectivity index (χ3n) is 4.40. The molecule has 2 N–H and O–H groups in total. The summed E-state index contributed by atoms with van der Waals surface area (Å²) in [7, 11) is -1.60. The molecule has 0 unspecified atom stereocenters. The third kappa shape index (κ3) is 3.86. The highest BCUT2D eigenvalue weighted by Crippen LogP contribution is 2.51. The van der Waals surface area contributed by atoms with E-state index in [1.54, 1.807) is 6.07 Å². The molecule has 1 fully saturated rings. The maximum atomic E-state index is 12.5. The summed E-state index contributed by atoms with van der Waals surface area (Å²) in [5.74, 6) is 0.502. The molecule has 0 aromatic heterocycles. The molecule has 1 aromatic carbocycles. The Morgan fingerprint density at radius 2 is 2.00 bits per heavy atom. The molecule has 0 saturated heterocycles. The van der Waals surface area contributed by atoms with Gasteiger partial charge in [0, 0.05) is 17.6 Å². The second-order valence-electron chi connectivity index (χ2n) is 6.14. The van der Waals surface area contributed by atoms with Gasteiger partial charge in [-0.15, -0.1) is 0 Å². The summed E-state index contributed by atoms with van der Waals surface area (Å²) in [6.07, 6.45) is 2.21. The van der Waals surface area contributed by atoms with Crippen LogP contribution < -0.4 is 10.0 Å². The standard InChI is InChI=1S/C15H23BrN2O2S/c1-11(2)15(6-7-15)10-18-21(19,20)14-5-4-12(9-17-3)8-13(14)16/h4-5,8,11,17-18H,6-7,9-10H2,1-3H3. The zero-order valence-corrected chi connectivity index (χ0v) is 15.1. The fourth-order valence-corrected chi connectivity index (χ4v) is 4.77. The summed E-state index contributed by atoms with van der Waals surface area (Å²) in [5.41, 5.74) is 1.20. The van der Waals surface area contributed by atoms with Crippen LogP contribution in [0.4, 0.5) is 0 Å². The minimum Gasteiger partial charge on any atom is -0.316 e. The van der Waals surface area contributed by atoms with E-state index in [4.69, 9.17) is 0 Å². The molecule has 2 rings (SSSR count). The van der Waals surface area contributed by atoms with E-state index < -0.39 is 10.0 Å². The number of benzene rings is 1. The Hall–Kier alpha value is -0.430. The Labute approximate surface area is 135 Å². The number of sulfonamides is 1. The SMILES string of the molecule is CNCc1ccc(S(=O)(=O)NCC2(C(C)C)CC2)c(Br)c1. The van der Waals surface area contributed by atoms with Gasteiger partial charge in [0.15, 0.2) is 0 Å². The van der Waals surface area contributed by atoms with Crippen LogP contribution in [0.5, 0.6) is 0 Å². The fraction of sp³-hybridized carbons (Fsp3) is 0.600. The molecule has 0 bridgehead atoms. The van der Waals surface area contributed by atoms with Gasteiger partial charge in [-0.1, -0.05) is 19.9 Å². The van der Waals surface area contributed by atoms with Crippen molar-refractivity contribution in [2.75, 3.05) is 13.6 Å². The summed E-state index contributed by atoms with van der Waals surface area (Å²) < 4.78 is 28.3. The molecule has 21 heavy (non-hydrogen) atoms. The van der Waals surface area contributed by atoms with E-state index in [0.717, 1.165) is 18.4 Å². The number of hydrogen-bond donors (Lipinski definition) is 2. The van der Waals surface area contributed by atoms with Gasteiger partial charge < -0.3 is 5.32 Å². The van der Waals surface area contributed by atoms with Crippen molar-refractivity contribution in [1.82, 2.24) is 10.0 Å². The topological polar surface area (TPSA) is 58.2 Å². The van der Waals surface area contributed by atoms with Crippen molar-refractivity contribution in [2.45, 2.75) is 38.1 Å².